The Bertz CT molecular complexity index is 467. The van der Waals surface area contributed by atoms with Crippen LogP contribution in [0.3, 0.4) is 0 Å². The Hall–Kier alpha value is -2.02. The summed E-state index contributed by atoms with van der Waals surface area (Å²) in [6, 6.07) is 6.36. The normalized spacial score (nSPS) is 9.92. The van der Waals surface area contributed by atoms with Crippen molar-refractivity contribution in [2.24, 2.45) is 0 Å². The maximum absolute atomic E-state index is 9.09. The van der Waals surface area contributed by atoms with E-state index in [9.17, 15) is 0 Å². The minimum atomic E-state index is 0.0993. The molecule has 2 aromatic rings. The number of fused-ring (bicyclic) bond motifs is 1. The van der Waals surface area contributed by atoms with Gasteiger partial charge in [-0.15, -0.1) is 0 Å². The molecule has 1 aromatic heterocycles. The molecule has 12 heavy (non-hydrogen) atoms. The second-order valence-electron chi connectivity index (χ2n) is 2.32. The first kappa shape index (κ1) is 6.68. The zero-order chi connectivity index (χ0) is 8.55. The summed E-state index contributed by atoms with van der Waals surface area (Å²) in [6.45, 7) is 0. The number of aromatic nitrogens is 1. The zero-order valence-corrected chi connectivity index (χ0v) is 5.98. The second kappa shape index (κ2) is 2.24. The average Bonchev–Trinajstić information content (AvgIpc) is 2.46. The lowest BCUT2D eigenvalue weighted by Gasteiger charge is -1.88. The van der Waals surface area contributed by atoms with E-state index in [4.69, 9.17) is 14.9 Å². The number of hydrogen-bond acceptors (Lipinski definition) is 4. The fraction of sp³-hybridized carbons (Fsp3) is 0. The van der Waals surface area contributed by atoms with Crippen LogP contribution < -0.4 is 0 Å². The first-order chi connectivity index (χ1) is 5.81. The van der Waals surface area contributed by atoms with E-state index in [2.05, 4.69) is 5.16 Å². The maximum Gasteiger partial charge on any atom is 0.191 e. The lowest BCUT2D eigenvalue weighted by molar-refractivity contribution is 0.452. The largest absolute Gasteiger partial charge is 0.508 e. The van der Waals surface area contributed by atoms with E-state index in [0.29, 0.717) is 11.0 Å². The van der Waals surface area contributed by atoms with E-state index in [0.717, 1.165) is 0 Å². The van der Waals surface area contributed by atoms with Gasteiger partial charge in [-0.1, -0.05) is 5.16 Å². The average molecular weight is 160 g/mol. The van der Waals surface area contributed by atoms with Crippen molar-refractivity contribution in [3.8, 4) is 11.8 Å². The number of aromatic hydroxyl groups is 1. The molecule has 0 unspecified atom stereocenters. The summed E-state index contributed by atoms with van der Waals surface area (Å²) in [4.78, 5) is 0. The van der Waals surface area contributed by atoms with Crippen LogP contribution in [-0.2, 0) is 0 Å². The van der Waals surface area contributed by atoms with E-state index < -0.39 is 0 Å². The Balaban J connectivity index is 2.86. The van der Waals surface area contributed by atoms with Crippen molar-refractivity contribution >= 4 is 11.0 Å². The van der Waals surface area contributed by atoms with Crippen LogP contribution in [0.5, 0.6) is 5.75 Å². The van der Waals surface area contributed by atoms with Gasteiger partial charge in [0.05, 0.1) is 5.39 Å². The predicted octanol–water partition coefficient (Wildman–Crippen LogP) is 1.41. The molecule has 58 valence electrons. The van der Waals surface area contributed by atoms with E-state index in [1.165, 1.54) is 12.1 Å². The third-order valence-electron chi connectivity index (χ3n) is 1.56. The van der Waals surface area contributed by atoms with Gasteiger partial charge in [0.2, 0.25) is 0 Å². The van der Waals surface area contributed by atoms with Crippen LogP contribution in [0.2, 0.25) is 0 Å². The molecule has 0 radical (unpaired) electrons. The van der Waals surface area contributed by atoms with E-state index >= 15 is 0 Å². The summed E-state index contributed by atoms with van der Waals surface area (Å²) in [5, 5.41) is 21.7. The fourth-order valence-corrected chi connectivity index (χ4v) is 1.01. The number of phenolic OH excluding ortho intramolecular Hbond substituents is 1. The van der Waals surface area contributed by atoms with Crippen molar-refractivity contribution in [3.05, 3.63) is 23.9 Å². The molecular weight excluding hydrogens is 156 g/mol. The standard InChI is InChI=1S/C8H4N2O2/c9-4-7-6-3-5(11)1-2-8(6)12-10-7/h1-3,11H. The van der Waals surface area contributed by atoms with Gasteiger partial charge in [0.15, 0.2) is 11.3 Å². The molecule has 0 atom stereocenters. The molecule has 0 spiro atoms. The summed E-state index contributed by atoms with van der Waals surface area (Å²) >= 11 is 0. The van der Waals surface area contributed by atoms with Gasteiger partial charge in [-0.05, 0) is 18.2 Å². The number of nitriles is 1. The van der Waals surface area contributed by atoms with Gasteiger partial charge in [-0.25, -0.2) is 0 Å². The molecule has 0 amide bonds. The van der Waals surface area contributed by atoms with Crippen LogP contribution in [0, 0.1) is 11.3 Å². The molecule has 0 saturated heterocycles. The molecule has 0 aliphatic carbocycles. The fourth-order valence-electron chi connectivity index (χ4n) is 1.01. The number of hydrogen-bond donors (Lipinski definition) is 1. The van der Waals surface area contributed by atoms with Crippen molar-refractivity contribution in [2.45, 2.75) is 0 Å². The van der Waals surface area contributed by atoms with Gasteiger partial charge in [0.25, 0.3) is 0 Å². The maximum atomic E-state index is 9.09. The zero-order valence-electron chi connectivity index (χ0n) is 5.98. The molecule has 4 heteroatoms. The summed E-state index contributed by atoms with van der Waals surface area (Å²) < 4.78 is 4.81. The van der Waals surface area contributed by atoms with Crippen LogP contribution in [0.15, 0.2) is 22.7 Å². The first-order valence-corrected chi connectivity index (χ1v) is 3.30. The molecule has 0 aliphatic heterocycles. The molecule has 0 saturated carbocycles. The minimum Gasteiger partial charge on any atom is -0.508 e. The van der Waals surface area contributed by atoms with Gasteiger partial charge >= 0.3 is 0 Å². The van der Waals surface area contributed by atoms with Gasteiger partial charge in [-0.2, -0.15) is 5.26 Å². The number of phenols is 1. The van der Waals surface area contributed by atoms with Crippen molar-refractivity contribution in [3.63, 3.8) is 0 Å². The number of benzene rings is 1. The molecule has 4 nitrogen and oxygen atoms in total. The van der Waals surface area contributed by atoms with Crippen LogP contribution in [0.25, 0.3) is 11.0 Å². The Labute approximate surface area is 67.6 Å². The summed E-state index contributed by atoms with van der Waals surface area (Å²) in [5.41, 5.74) is 0.699. The SMILES string of the molecule is N#Cc1noc2ccc(O)cc12. The molecule has 1 N–H and O–H groups in total. The molecule has 1 aromatic carbocycles. The Kier molecular flexibility index (Phi) is 1.25. The quantitative estimate of drug-likeness (QED) is 0.632. The Morgan fingerprint density at radius 3 is 3.08 bits per heavy atom. The highest BCUT2D eigenvalue weighted by Crippen LogP contribution is 2.22. The summed E-state index contributed by atoms with van der Waals surface area (Å²) in [6.07, 6.45) is 0. The molecular formula is C8H4N2O2. The van der Waals surface area contributed by atoms with Crippen molar-refractivity contribution in [1.82, 2.24) is 5.16 Å². The van der Waals surface area contributed by atoms with Gasteiger partial charge < -0.3 is 9.63 Å². The highest BCUT2D eigenvalue weighted by atomic mass is 16.5. The molecule has 1 heterocycles. The smallest absolute Gasteiger partial charge is 0.191 e. The highest BCUT2D eigenvalue weighted by molar-refractivity contribution is 5.82. The van der Waals surface area contributed by atoms with Gasteiger partial charge in [0.1, 0.15) is 11.8 Å². The second-order valence-corrected chi connectivity index (χ2v) is 2.32. The summed E-state index contributed by atoms with van der Waals surface area (Å²) in [7, 11) is 0. The van der Waals surface area contributed by atoms with Crippen LogP contribution in [0.1, 0.15) is 5.69 Å². The lowest BCUT2D eigenvalue weighted by atomic mass is 10.2. The predicted molar refractivity (Wildman–Crippen MR) is 40.4 cm³/mol. The first-order valence-electron chi connectivity index (χ1n) is 3.30. The molecule has 0 aliphatic rings. The van der Waals surface area contributed by atoms with Gasteiger partial charge in [-0.3, -0.25) is 0 Å². The number of rotatable bonds is 0. The van der Waals surface area contributed by atoms with E-state index in [1.54, 1.807) is 6.07 Å². The monoisotopic (exact) mass is 160 g/mol. The van der Waals surface area contributed by atoms with E-state index in [1.807, 2.05) is 6.07 Å². The third-order valence-corrected chi connectivity index (χ3v) is 1.56. The van der Waals surface area contributed by atoms with Crippen molar-refractivity contribution in [2.75, 3.05) is 0 Å². The van der Waals surface area contributed by atoms with Crippen LogP contribution >= 0.6 is 0 Å². The summed E-state index contributed by atoms with van der Waals surface area (Å²) in [5.74, 6) is 0.0993. The van der Waals surface area contributed by atoms with Crippen LogP contribution in [-0.4, -0.2) is 10.3 Å². The highest BCUT2D eigenvalue weighted by Gasteiger charge is 2.06. The van der Waals surface area contributed by atoms with Crippen molar-refractivity contribution in [1.29, 1.82) is 5.26 Å². The molecule has 0 fully saturated rings. The lowest BCUT2D eigenvalue weighted by Crippen LogP contribution is -1.71. The van der Waals surface area contributed by atoms with Crippen LogP contribution in [0.4, 0.5) is 0 Å². The molecule has 2 rings (SSSR count). The molecule has 0 bridgehead atoms. The minimum absolute atomic E-state index is 0.0993. The topological polar surface area (TPSA) is 70.0 Å². The van der Waals surface area contributed by atoms with Crippen molar-refractivity contribution < 1.29 is 9.63 Å². The third kappa shape index (κ3) is 0.805. The Morgan fingerprint density at radius 1 is 1.50 bits per heavy atom. The van der Waals surface area contributed by atoms with Gasteiger partial charge in [0, 0.05) is 0 Å². The Morgan fingerprint density at radius 2 is 2.33 bits per heavy atom. The number of nitrogens with zero attached hydrogens (tertiary/aromatic N) is 2. The van der Waals surface area contributed by atoms with E-state index in [-0.39, 0.29) is 11.4 Å².